The predicted octanol–water partition coefficient (Wildman–Crippen LogP) is 0.500. The van der Waals surface area contributed by atoms with E-state index in [0.717, 1.165) is 31.9 Å². The first-order valence-corrected chi connectivity index (χ1v) is 7.22. The van der Waals surface area contributed by atoms with Gasteiger partial charge in [-0.3, -0.25) is 0 Å². The largest absolute Gasteiger partial charge is 0.369 e. The van der Waals surface area contributed by atoms with Gasteiger partial charge in [-0.05, 0) is 18.2 Å². The minimum absolute atomic E-state index is 0.392. The highest BCUT2D eigenvalue weighted by atomic mass is 32.2. The molecule has 16 heavy (non-hydrogen) atoms. The molecule has 0 amide bonds. The number of hydrogen-bond donors (Lipinski definition) is 1. The van der Waals surface area contributed by atoms with E-state index in [1.807, 2.05) is 6.07 Å². The summed E-state index contributed by atoms with van der Waals surface area (Å²) in [5.74, 6) is 0. The molecule has 0 aliphatic carbocycles. The highest BCUT2D eigenvalue weighted by Crippen LogP contribution is 2.19. The van der Waals surface area contributed by atoms with Crippen molar-refractivity contribution in [3.8, 4) is 0 Å². The molecule has 1 aromatic rings. The molecule has 1 aliphatic heterocycles. The van der Waals surface area contributed by atoms with Crippen molar-refractivity contribution < 1.29 is 8.42 Å². The van der Waals surface area contributed by atoms with Gasteiger partial charge in [0, 0.05) is 38.1 Å². The van der Waals surface area contributed by atoms with E-state index in [4.69, 9.17) is 0 Å². The summed E-state index contributed by atoms with van der Waals surface area (Å²) < 4.78 is 22.9. The standard InChI is InChI=1S/C11H16N2O2S/c1-16(14,15)11-4-2-3-10(9-11)13-7-5-12-6-8-13/h2-4,9,12H,5-8H2,1H3. The fourth-order valence-corrected chi connectivity index (χ4v) is 2.49. The van der Waals surface area contributed by atoms with Crippen LogP contribution in [0.25, 0.3) is 0 Å². The number of nitrogens with zero attached hydrogens (tertiary/aromatic N) is 1. The van der Waals surface area contributed by atoms with Crippen molar-refractivity contribution in [3.63, 3.8) is 0 Å². The van der Waals surface area contributed by atoms with Crippen LogP contribution in [0.5, 0.6) is 0 Å². The smallest absolute Gasteiger partial charge is 0.175 e. The Morgan fingerprint density at radius 1 is 1.25 bits per heavy atom. The van der Waals surface area contributed by atoms with Crippen LogP contribution in [0, 0.1) is 0 Å². The first-order valence-electron chi connectivity index (χ1n) is 5.33. The molecular formula is C11H16N2O2S. The lowest BCUT2D eigenvalue weighted by atomic mass is 10.2. The molecule has 1 fully saturated rings. The summed E-state index contributed by atoms with van der Waals surface area (Å²) in [6.07, 6.45) is 1.24. The Balaban J connectivity index is 2.28. The minimum atomic E-state index is -3.11. The average molecular weight is 240 g/mol. The van der Waals surface area contributed by atoms with Crippen molar-refractivity contribution in [2.75, 3.05) is 37.3 Å². The molecule has 0 radical (unpaired) electrons. The molecule has 2 rings (SSSR count). The second-order valence-electron chi connectivity index (χ2n) is 4.01. The molecule has 5 heteroatoms. The van der Waals surface area contributed by atoms with Gasteiger partial charge in [-0.25, -0.2) is 8.42 Å². The SMILES string of the molecule is CS(=O)(=O)c1cccc(N2CCNCC2)c1. The third kappa shape index (κ3) is 2.54. The van der Waals surface area contributed by atoms with Gasteiger partial charge in [0.1, 0.15) is 0 Å². The molecule has 88 valence electrons. The Kier molecular flexibility index (Phi) is 3.16. The van der Waals surface area contributed by atoms with Crippen LogP contribution in [-0.4, -0.2) is 40.9 Å². The number of nitrogens with one attached hydrogen (secondary N) is 1. The van der Waals surface area contributed by atoms with Gasteiger partial charge < -0.3 is 10.2 Å². The van der Waals surface area contributed by atoms with Crippen LogP contribution >= 0.6 is 0 Å². The monoisotopic (exact) mass is 240 g/mol. The lowest BCUT2D eigenvalue weighted by Gasteiger charge is -2.29. The van der Waals surface area contributed by atoms with E-state index in [1.165, 1.54) is 6.26 Å². The summed E-state index contributed by atoms with van der Waals surface area (Å²) in [5.41, 5.74) is 0.990. The number of sulfone groups is 1. The average Bonchev–Trinajstić information content (AvgIpc) is 2.29. The molecule has 1 N–H and O–H groups in total. The Morgan fingerprint density at radius 3 is 2.56 bits per heavy atom. The molecule has 0 saturated carbocycles. The third-order valence-corrected chi connectivity index (χ3v) is 3.84. The Labute approximate surface area is 96.2 Å². The van der Waals surface area contributed by atoms with Gasteiger partial charge >= 0.3 is 0 Å². The first kappa shape index (κ1) is 11.4. The first-order chi connectivity index (χ1) is 7.57. The Bertz CT molecular complexity index is 465. The van der Waals surface area contributed by atoms with E-state index in [1.54, 1.807) is 18.2 Å². The van der Waals surface area contributed by atoms with E-state index in [0.29, 0.717) is 4.90 Å². The van der Waals surface area contributed by atoms with E-state index < -0.39 is 9.84 Å². The number of benzene rings is 1. The number of rotatable bonds is 2. The highest BCUT2D eigenvalue weighted by Gasteiger charge is 2.13. The molecule has 0 atom stereocenters. The van der Waals surface area contributed by atoms with Crippen molar-refractivity contribution in [2.45, 2.75) is 4.90 Å². The van der Waals surface area contributed by atoms with Crippen LogP contribution in [-0.2, 0) is 9.84 Å². The molecule has 1 saturated heterocycles. The lowest BCUT2D eigenvalue weighted by molar-refractivity contribution is 0.588. The summed E-state index contributed by atoms with van der Waals surface area (Å²) in [6, 6.07) is 7.15. The maximum Gasteiger partial charge on any atom is 0.175 e. The van der Waals surface area contributed by atoms with Gasteiger partial charge in [0.25, 0.3) is 0 Å². The van der Waals surface area contributed by atoms with Gasteiger partial charge in [-0.15, -0.1) is 0 Å². The zero-order valence-corrected chi connectivity index (χ0v) is 10.1. The van der Waals surface area contributed by atoms with Gasteiger partial charge in [0.2, 0.25) is 0 Å². The molecule has 0 bridgehead atoms. The van der Waals surface area contributed by atoms with Crippen molar-refractivity contribution in [3.05, 3.63) is 24.3 Å². The zero-order chi connectivity index (χ0) is 11.6. The Hall–Kier alpha value is -1.07. The maximum absolute atomic E-state index is 11.4. The molecule has 1 aromatic carbocycles. The lowest BCUT2D eigenvalue weighted by Crippen LogP contribution is -2.43. The summed E-state index contributed by atoms with van der Waals surface area (Å²) in [5, 5.41) is 3.27. The topological polar surface area (TPSA) is 49.4 Å². The van der Waals surface area contributed by atoms with E-state index in [9.17, 15) is 8.42 Å². The Morgan fingerprint density at radius 2 is 1.94 bits per heavy atom. The highest BCUT2D eigenvalue weighted by molar-refractivity contribution is 7.90. The summed E-state index contributed by atoms with van der Waals surface area (Å²) in [7, 11) is -3.11. The minimum Gasteiger partial charge on any atom is -0.369 e. The van der Waals surface area contributed by atoms with Gasteiger partial charge in [-0.1, -0.05) is 6.07 Å². The molecule has 0 aromatic heterocycles. The van der Waals surface area contributed by atoms with Crippen molar-refractivity contribution >= 4 is 15.5 Å². The van der Waals surface area contributed by atoms with Gasteiger partial charge in [-0.2, -0.15) is 0 Å². The van der Waals surface area contributed by atoms with Crippen LogP contribution in [0.15, 0.2) is 29.2 Å². The van der Waals surface area contributed by atoms with Crippen LogP contribution in [0.3, 0.4) is 0 Å². The van der Waals surface area contributed by atoms with Crippen LogP contribution in [0.4, 0.5) is 5.69 Å². The van der Waals surface area contributed by atoms with Crippen LogP contribution < -0.4 is 10.2 Å². The molecule has 0 unspecified atom stereocenters. The fourth-order valence-electron chi connectivity index (χ4n) is 1.83. The third-order valence-electron chi connectivity index (χ3n) is 2.73. The quantitative estimate of drug-likeness (QED) is 0.818. The van der Waals surface area contributed by atoms with Crippen molar-refractivity contribution in [1.82, 2.24) is 5.32 Å². The molecular weight excluding hydrogens is 224 g/mol. The number of anilines is 1. The van der Waals surface area contributed by atoms with E-state index in [2.05, 4.69) is 10.2 Å². The van der Waals surface area contributed by atoms with Crippen LogP contribution in [0.1, 0.15) is 0 Å². The van der Waals surface area contributed by atoms with Gasteiger partial charge in [0.15, 0.2) is 9.84 Å². The maximum atomic E-state index is 11.4. The normalized spacial score (nSPS) is 17.4. The number of hydrogen-bond acceptors (Lipinski definition) is 4. The van der Waals surface area contributed by atoms with Crippen LogP contribution in [0.2, 0.25) is 0 Å². The molecule has 1 heterocycles. The predicted molar refractivity (Wildman–Crippen MR) is 64.6 cm³/mol. The molecule has 4 nitrogen and oxygen atoms in total. The molecule has 0 spiro atoms. The molecule has 1 aliphatic rings. The van der Waals surface area contributed by atoms with Crippen molar-refractivity contribution in [1.29, 1.82) is 0 Å². The summed E-state index contributed by atoms with van der Waals surface area (Å²) >= 11 is 0. The van der Waals surface area contributed by atoms with Crippen molar-refractivity contribution in [2.24, 2.45) is 0 Å². The second kappa shape index (κ2) is 4.43. The van der Waals surface area contributed by atoms with E-state index >= 15 is 0 Å². The number of piperazine rings is 1. The second-order valence-corrected chi connectivity index (χ2v) is 6.02. The summed E-state index contributed by atoms with van der Waals surface area (Å²) in [4.78, 5) is 2.59. The van der Waals surface area contributed by atoms with E-state index in [-0.39, 0.29) is 0 Å². The van der Waals surface area contributed by atoms with Gasteiger partial charge in [0.05, 0.1) is 4.90 Å². The fraction of sp³-hybridized carbons (Fsp3) is 0.455. The summed E-state index contributed by atoms with van der Waals surface area (Å²) in [6.45, 7) is 3.74. The zero-order valence-electron chi connectivity index (χ0n) is 9.31.